The highest BCUT2D eigenvalue weighted by molar-refractivity contribution is 7.10. The molecular weight excluding hydrogens is 282 g/mol. The maximum Gasteiger partial charge on any atom is 0.234 e. The normalized spacial score (nSPS) is 22.4. The summed E-state index contributed by atoms with van der Waals surface area (Å²) in [7, 11) is 0. The Morgan fingerprint density at radius 1 is 1.52 bits per heavy atom. The summed E-state index contributed by atoms with van der Waals surface area (Å²) < 4.78 is 0. The summed E-state index contributed by atoms with van der Waals surface area (Å²) in [6.07, 6.45) is 1.10. The summed E-state index contributed by atoms with van der Waals surface area (Å²) >= 11 is 1.70. The van der Waals surface area contributed by atoms with Gasteiger partial charge in [-0.25, -0.2) is 0 Å². The van der Waals surface area contributed by atoms with Crippen LogP contribution in [0.25, 0.3) is 0 Å². The highest BCUT2D eigenvalue weighted by atomic mass is 32.1. The lowest BCUT2D eigenvalue weighted by molar-refractivity contribution is -0.123. The molecule has 3 unspecified atom stereocenters. The van der Waals surface area contributed by atoms with Crippen molar-refractivity contribution < 1.29 is 4.79 Å². The molecule has 0 spiro atoms. The van der Waals surface area contributed by atoms with E-state index in [0.29, 0.717) is 18.4 Å². The zero-order valence-corrected chi connectivity index (χ0v) is 14.0. The summed E-state index contributed by atoms with van der Waals surface area (Å²) in [6.45, 7) is 8.75. The third-order valence-electron chi connectivity index (χ3n) is 4.25. The molecule has 0 radical (unpaired) electrons. The standard InChI is InChI=1S/C16H27N3OS/c1-11(2)16(14-5-4-8-21-14)18-15(20)10-19-7-6-13(9-19)12(3)17/h4-5,8,11-13,16H,6-7,9-10,17H2,1-3H3,(H,18,20). The van der Waals surface area contributed by atoms with Crippen molar-refractivity contribution in [2.45, 2.75) is 39.3 Å². The Balaban J connectivity index is 1.86. The molecule has 1 saturated heterocycles. The van der Waals surface area contributed by atoms with Crippen molar-refractivity contribution in [2.75, 3.05) is 19.6 Å². The lowest BCUT2D eigenvalue weighted by atomic mass is 10.0. The van der Waals surface area contributed by atoms with Crippen molar-refractivity contribution in [3.8, 4) is 0 Å². The molecule has 1 aliphatic heterocycles. The minimum Gasteiger partial charge on any atom is -0.347 e. The quantitative estimate of drug-likeness (QED) is 0.847. The van der Waals surface area contributed by atoms with E-state index in [9.17, 15) is 4.79 Å². The summed E-state index contributed by atoms with van der Waals surface area (Å²) in [5.74, 6) is 1.03. The smallest absolute Gasteiger partial charge is 0.234 e. The van der Waals surface area contributed by atoms with Gasteiger partial charge in [0, 0.05) is 17.5 Å². The molecule has 1 aliphatic rings. The van der Waals surface area contributed by atoms with Crippen molar-refractivity contribution in [2.24, 2.45) is 17.6 Å². The van der Waals surface area contributed by atoms with Gasteiger partial charge in [0.1, 0.15) is 0 Å². The number of likely N-dealkylation sites (tertiary alicyclic amines) is 1. The lowest BCUT2D eigenvalue weighted by Crippen LogP contribution is -2.40. The van der Waals surface area contributed by atoms with Crippen LogP contribution in [0.15, 0.2) is 17.5 Å². The van der Waals surface area contributed by atoms with Crippen LogP contribution in [0.1, 0.15) is 38.1 Å². The van der Waals surface area contributed by atoms with Gasteiger partial charge in [-0.3, -0.25) is 9.69 Å². The molecule has 1 amide bonds. The second-order valence-corrected chi connectivity index (χ2v) is 7.43. The van der Waals surface area contributed by atoms with Crippen LogP contribution >= 0.6 is 11.3 Å². The minimum absolute atomic E-state index is 0.115. The van der Waals surface area contributed by atoms with Gasteiger partial charge >= 0.3 is 0 Å². The summed E-state index contributed by atoms with van der Waals surface area (Å²) in [4.78, 5) is 15.8. The molecular formula is C16H27N3OS. The predicted molar refractivity (Wildman–Crippen MR) is 88.2 cm³/mol. The Kier molecular flexibility index (Phi) is 5.79. The predicted octanol–water partition coefficient (Wildman–Crippen LogP) is 2.23. The third-order valence-corrected chi connectivity index (χ3v) is 5.21. The Morgan fingerprint density at radius 3 is 2.81 bits per heavy atom. The zero-order valence-electron chi connectivity index (χ0n) is 13.2. The minimum atomic E-state index is 0.115. The highest BCUT2D eigenvalue weighted by Gasteiger charge is 2.27. The number of hydrogen-bond donors (Lipinski definition) is 2. The molecule has 3 atom stereocenters. The first-order chi connectivity index (χ1) is 9.97. The Hall–Kier alpha value is -0.910. The van der Waals surface area contributed by atoms with Crippen molar-refractivity contribution in [3.05, 3.63) is 22.4 Å². The third kappa shape index (κ3) is 4.53. The summed E-state index contributed by atoms with van der Waals surface area (Å²) in [6, 6.07) is 4.46. The van der Waals surface area contributed by atoms with Crippen molar-refractivity contribution in [3.63, 3.8) is 0 Å². The molecule has 5 heteroatoms. The average Bonchev–Trinajstić information content (AvgIpc) is 3.06. The second-order valence-electron chi connectivity index (χ2n) is 6.45. The van der Waals surface area contributed by atoms with E-state index in [1.807, 2.05) is 6.07 Å². The molecule has 2 rings (SSSR count). The monoisotopic (exact) mass is 309 g/mol. The molecule has 0 bridgehead atoms. The first kappa shape index (κ1) is 16.5. The fourth-order valence-corrected chi connectivity index (χ4v) is 3.84. The van der Waals surface area contributed by atoms with Gasteiger partial charge in [0.15, 0.2) is 0 Å². The van der Waals surface area contributed by atoms with Crippen LogP contribution < -0.4 is 11.1 Å². The van der Waals surface area contributed by atoms with Crippen molar-refractivity contribution >= 4 is 17.2 Å². The molecule has 0 saturated carbocycles. The molecule has 1 fully saturated rings. The molecule has 21 heavy (non-hydrogen) atoms. The largest absolute Gasteiger partial charge is 0.347 e. The second kappa shape index (κ2) is 7.38. The van der Waals surface area contributed by atoms with E-state index in [4.69, 9.17) is 5.73 Å². The number of nitrogens with zero attached hydrogens (tertiary/aromatic N) is 1. The molecule has 4 nitrogen and oxygen atoms in total. The number of nitrogens with two attached hydrogens (primary N) is 1. The Bertz CT molecular complexity index is 444. The number of carbonyl (C=O) groups excluding carboxylic acids is 1. The van der Waals surface area contributed by atoms with Gasteiger partial charge in [-0.15, -0.1) is 11.3 Å². The van der Waals surface area contributed by atoms with E-state index in [-0.39, 0.29) is 18.0 Å². The molecule has 1 aromatic rings. The van der Waals surface area contributed by atoms with Crippen molar-refractivity contribution in [1.29, 1.82) is 0 Å². The molecule has 0 aromatic carbocycles. The topological polar surface area (TPSA) is 58.4 Å². The molecule has 0 aliphatic carbocycles. The van der Waals surface area contributed by atoms with Crippen LogP contribution in [-0.2, 0) is 4.79 Å². The maximum atomic E-state index is 12.3. The van der Waals surface area contributed by atoms with Gasteiger partial charge in [-0.2, -0.15) is 0 Å². The summed E-state index contributed by atoms with van der Waals surface area (Å²) in [5, 5.41) is 5.25. The van der Waals surface area contributed by atoms with Crippen LogP contribution in [0.2, 0.25) is 0 Å². The molecule has 1 aromatic heterocycles. The van der Waals surface area contributed by atoms with Gasteiger partial charge in [-0.1, -0.05) is 19.9 Å². The molecule has 118 valence electrons. The first-order valence-corrected chi connectivity index (χ1v) is 8.66. The fraction of sp³-hybridized carbons (Fsp3) is 0.688. The number of rotatable bonds is 6. The zero-order chi connectivity index (χ0) is 15.4. The van der Waals surface area contributed by atoms with Gasteiger partial charge in [0.05, 0.1) is 12.6 Å². The van der Waals surface area contributed by atoms with E-state index in [1.165, 1.54) is 4.88 Å². The van der Waals surface area contributed by atoms with Gasteiger partial charge < -0.3 is 11.1 Å². The average molecular weight is 309 g/mol. The highest BCUT2D eigenvalue weighted by Crippen LogP contribution is 2.26. The number of nitrogens with one attached hydrogen (secondary N) is 1. The molecule has 2 heterocycles. The van der Waals surface area contributed by atoms with Crippen LogP contribution in [0, 0.1) is 11.8 Å². The van der Waals surface area contributed by atoms with E-state index in [2.05, 4.69) is 42.4 Å². The van der Waals surface area contributed by atoms with Crippen LogP contribution in [0.5, 0.6) is 0 Å². The molecule has 3 N–H and O–H groups in total. The van der Waals surface area contributed by atoms with E-state index in [1.54, 1.807) is 11.3 Å². The Morgan fingerprint density at radius 2 is 2.29 bits per heavy atom. The van der Waals surface area contributed by atoms with Gasteiger partial charge in [0.2, 0.25) is 5.91 Å². The van der Waals surface area contributed by atoms with Crippen LogP contribution in [0.3, 0.4) is 0 Å². The van der Waals surface area contributed by atoms with Crippen LogP contribution in [0.4, 0.5) is 0 Å². The van der Waals surface area contributed by atoms with Gasteiger partial charge in [0.25, 0.3) is 0 Å². The van der Waals surface area contributed by atoms with E-state index in [0.717, 1.165) is 19.5 Å². The fourth-order valence-electron chi connectivity index (χ4n) is 2.89. The maximum absolute atomic E-state index is 12.3. The number of carbonyl (C=O) groups is 1. The van der Waals surface area contributed by atoms with E-state index >= 15 is 0 Å². The van der Waals surface area contributed by atoms with Crippen LogP contribution in [-0.4, -0.2) is 36.5 Å². The van der Waals surface area contributed by atoms with E-state index < -0.39 is 0 Å². The number of amides is 1. The van der Waals surface area contributed by atoms with Gasteiger partial charge in [-0.05, 0) is 43.2 Å². The lowest BCUT2D eigenvalue weighted by Gasteiger charge is -2.23. The number of hydrogen-bond acceptors (Lipinski definition) is 4. The Labute approximate surface area is 131 Å². The summed E-state index contributed by atoms with van der Waals surface area (Å²) in [5.41, 5.74) is 5.95. The first-order valence-electron chi connectivity index (χ1n) is 7.78. The SMILES string of the molecule is CC(C)C(NC(=O)CN1CCC(C(C)N)C1)c1cccs1. The van der Waals surface area contributed by atoms with Crippen molar-refractivity contribution in [1.82, 2.24) is 10.2 Å². The number of thiophene rings is 1.